The van der Waals surface area contributed by atoms with Crippen LogP contribution in [0.4, 0.5) is 9.52 Å². The first kappa shape index (κ1) is 28.4. The van der Waals surface area contributed by atoms with Gasteiger partial charge in [-0.05, 0) is 35.9 Å². The van der Waals surface area contributed by atoms with Crippen LogP contribution in [0.5, 0.6) is 0 Å². The molecule has 2 heterocycles. The number of fused-ring (bicyclic) bond motifs is 1. The number of thioether (sulfide) groups is 1. The highest BCUT2D eigenvalue weighted by Crippen LogP contribution is 2.34. The Bertz CT molecular complexity index is 1630. The van der Waals surface area contributed by atoms with E-state index in [1.165, 1.54) is 40.1 Å². The number of amides is 2. The monoisotopic (exact) mass is 569 g/mol. The second-order valence-electron chi connectivity index (χ2n) is 8.61. The molecule has 2 aromatic heterocycles. The lowest BCUT2D eigenvalue weighted by molar-refractivity contribution is -0.116. The summed E-state index contributed by atoms with van der Waals surface area (Å²) in [6.07, 6.45) is 0.750. The molecule has 0 bridgehead atoms. The zero-order valence-electron chi connectivity index (χ0n) is 21.7. The zero-order valence-corrected chi connectivity index (χ0v) is 23.3. The van der Waals surface area contributed by atoms with E-state index in [0.29, 0.717) is 32.5 Å². The van der Waals surface area contributed by atoms with E-state index in [1.807, 2.05) is 60.7 Å². The summed E-state index contributed by atoms with van der Waals surface area (Å²) in [6.45, 7) is 0. The molecule has 0 aliphatic heterocycles. The highest BCUT2D eigenvalue weighted by molar-refractivity contribution is 8.00. The van der Waals surface area contributed by atoms with Gasteiger partial charge in [-0.15, -0.1) is 0 Å². The second kappa shape index (κ2) is 13.5. The number of nitrogens with zero attached hydrogens (tertiary/aromatic N) is 4. The molecular weight excluding hydrogens is 545 g/mol. The van der Waals surface area contributed by atoms with E-state index >= 15 is 0 Å². The summed E-state index contributed by atoms with van der Waals surface area (Å²) < 4.78 is 14.5. The van der Waals surface area contributed by atoms with Crippen LogP contribution in [0.3, 0.4) is 0 Å². The molecule has 10 heteroatoms. The van der Waals surface area contributed by atoms with Crippen LogP contribution in [0, 0.1) is 17.1 Å². The third-order valence-electron chi connectivity index (χ3n) is 5.41. The molecule has 200 valence electrons. The summed E-state index contributed by atoms with van der Waals surface area (Å²) in [7, 11) is 3.38. The maximum Gasteiger partial charge on any atom is 0.236 e. The standard InChI is InChI=1S/C27H17FN4OS2.C3H7NO/c28-19-12-10-17(11-13-19)20-14-23(18-6-2-1-3-7-18)30-26(21(20)15-29)34-16-25(33)32-27-31-22-8-4-5-9-24(22)35-27;1-4(2)3-5/h1-14H,16H2,(H,31,32,33);3H,1-2H3. The van der Waals surface area contributed by atoms with Crippen LogP contribution in [-0.4, -0.2) is 47.0 Å². The van der Waals surface area contributed by atoms with Crippen molar-refractivity contribution in [2.45, 2.75) is 5.03 Å². The number of pyridine rings is 1. The molecule has 0 fully saturated rings. The van der Waals surface area contributed by atoms with Crippen LogP contribution in [0.1, 0.15) is 5.56 Å². The maximum absolute atomic E-state index is 13.5. The number of hydrogen-bond donors (Lipinski definition) is 1. The SMILES string of the molecule is CN(C)C=O.N#Cc1c(-c2ccc(F)cc2)cc(-c2ccccc2)nc1SCC(=O)Nc1nc2ccccc2s1. The third-order valence-corrected chi connectivity index (χ3v) is 7.34. The summed E-state index contributed by atoms with van der Waals surface area (Å²) in [5.74, 6) is -0.544. The second-order valence-corrected chi connectivity index (χ2v) is 10.6. The van der Waals surface area contributed by atoms with Gasteiger partial charge in [-0.25, -0.2) is 14.4 Å². The van der Waals surface area contributed by atoms with Gasteiger partial charge >= 0.3 is 0 Å². The molecule has 0 atom stereocenters. The molecule has 40 heavy (non-hydrogen) atoms. The van der Waals surface area contributed by atoms with Gasteiger partial charge in [0, 0.05) is 25.2 Å². The van der Waals surface area contributed by atoms with Crippen molar-refractivity contribution in [1.82, 2.24) is 14.9 Å². The van der Waals surface area contributed by atoms with Crippen molar-refractivity contribution >= 4 is 50.8 Å². The third kappa shape index (κ3) is 7.28. The number of thiazole rings is 1. The van der Waals surface area contributed by atoms with E-state index in [1.54, 1.807) is 26.2 Å². The Hall–Kier alpha value is -4.59. The molecule has 5 rings (SSSR count). The summed E-state index contributed by atoms with van der Waals surface area (Å²) in [6, 6.07) is 27.3. The minimum atomic E-state index is -0.356. The number of benzene rings is 3. The molecule has 0 unspecified atom stereocenters. The van der Waals surface area contributed by atoms with E-state index in [2.05, 4.69) is 16.4 Å². The molecule has 0 radical (unpaired) electrons. The summed E-state index contributed by atoms with van der Waals surface area (Å²) in [5.41, 5.74) is 4.04. The molecule has 1 N–H and O–H groups in total. The lowest BCUT2D eigenvalue weighted by Gasteiger charge is -2.12. The van der Waals surface area contributed by atoms with Gasteiger partial charge in [0.15, 0.2) is 5.13 Å². The van der Waals surface area contributed by atoms with Crippen LogP contribution in [0.2, 0.25) is 0 Å². The van der Waals surface area contributed by atoms with E-state index in [0.717, 1.165) is 22.2 Å². The first-order chi connectivity index (χ1) is 19.4. The topological polar surface area (TPSA) is 99.0 Å². The average molecular weight is 570 g/mol. The molecule has 0 aliphatic carbocycles. The quantitative estimate of drug-likeness (QED) is 0.178. The number of nitriles is 1. The summed E-state index contributed by atoms with van der Waals surface area (Å²) >= 11 is 2.59. The Morgan fingerprint density at radius 1 is 1.02 bits per heavy atom. The molecule has 0 saturated carbocycles. The Morgan fingerprint density at radius 3 is 2.35 bits per heavy atom. The maximum atomic E-state index is 13.5. The number of halogens is 1. The highest BCUT2D eigenvalue weighted by atomic mass is 32.2. The lowest BCUT2D eigenvalue weighted by Crippen LogP contribution is -2.14. The average Bonchev–Trinajstić information content (AvgIpc) is 3.39. The number of hydrogen-bond acceptors (Lipinski definition) is 7. The minimum Gasteiger partial charge on any atom is -0.351 e. The Morgan fingerprint density at radius 2 is 1.70 bits per heavy atom. The Kier molecular flexibility index (Phi) is 9.57. The zero-order chi connectivity index (χ0) is 28.5. The molecule has 2 amide bonds. The van der Waals surface area contributed by atoms with Gasteiger partial charge in [-0.2, -0.15) is 5.26 Å². The van der Waals surface area contributed by atoms with Crippen molar-refractivity contribution in [1.29, 1.82) is 5.26 Å². The van der Waals surface area contributed by atoms with E-state index in [9.17, 15) is 19.2 Å². The first-order valence-electron chi connectivity index (χ1n) is 12.0. The normalized spacial score (nSPS) is 10.2. The van der Waals surface area contributed by atoms with Crippen LogP contribution in [0.15, 0.2) is 90.0 Å². The molecule has 7 nitrogen and oxygen atoms in total. The van der Waals surface area contributed by atoms with Gasteiger partial charge in [-0.3, -0.25) is 9.59 Å². The fraction of sp³-hybridized carbons (Fsp3) is 0.100. The molecule has 5 aromatic rings. The predicted octanol–water partition coefficient (Wildman–Crippen LogP) is 6.47. The Balaban J connectivity index is 0.000000681. The first-order valence-corrected chi connectivity index (χ1v) is 13.8. The number of nitrogens with one attached hydrogen (secondary N) is 1. The van der Waals surface area contributed by atoms with Crippen LogP contribution in [-0.2, 0) is 9.59 Å². The van der Waals surface area contributed by atoms with Crippen molar-refractivity contribution in [3.05, 3.63) is 96.3 Å². The van der Waals surface area contributed by atoms with Crippen molar-refractivity contribution in [2.75, 3.05) is 25.2 Å². The smallest absolute Gasteiger partial charge is 0.236 e. The van der Waals surface area contributed by atoms with Crippen LogP contribution < -0.4 is 5.32 Å². The molecular formula is C30H24FN5O2S2. The van der Waals surface area contributed by atoms with Crippen molar-refractivity contribution in [3.63, 3.8) is 0 Å². The van der Waals surface area contributed by atoms with Crippen molar-refractivity contribution in [2.24, 2.45) is 0 Å². The van der Waals surface area contributed by atoms with E-state index in [-0.39, 0.29) is 17.5 Å². The van der Waals surface area contributed by atoms with Crippen LogP contribution >= 0.6 is 23.1 Å². The summed E-state index contributed by atoms with van der Waals surface area (Å²) in [5, 5.41) is 13.8. The number of rotatable bonds is 7. The van der Waals surface area contributed by atoms with Crippen molar-refractivity contribution in [3.8, 4) is 28.5 Å². The van der Waals surface area contributed by atoms with Gasteiger partial charge in [0.2, 0.25) is 12.3 Å². The largest absolute Gasteiger partial charge is 0.351 e. The fourth-order valence-electron chi connectivity index (χ4n) is 3.56. The Labute approximate surface area is 239 Å². The molecule has 0 saturated heterocycles. The van der Waals surface area contributed by atoms with E-state index in [4.69, 9.17) is 4.98 Å². The molecule has 3 aromatic carbocycles. The predicted molar refractivity (Wildman–Crippen MR) is 159 cm³/mol. The molecule has 0 aliphatic rings. The van der Waals surface area contributed by atoms with Crippen LogP contribution in [0.25, 0.3) is 32.6 Å². The van der Waals surface area contributed by atoms with Gasteiger partial charge in [0.05, 0.1) is 27.2 Å². The van der Waals surface area contributed by atoms with Gasteiger partial charge in [0.1, 0.15) is 16.9 Å². The number of aromatic nitrogens is 2. The number of anilines is 1. The van der Waals surface area contributed by atoms with Gasteiger partial charge < -0.3 is 10.2 Å². The van der Waals surface area contributed by atoms with Gasteiger partial charge in [0.25, 0.3) is 0 Å². The lowest BCUT2D eigenvalue weighted by atomic mass is 9.99. The van der Waals surface area contributed by atoms with Gasteiger partial charge in [-0.1, -0.05) is 77.7 Å². The van der Waals surface area contributed by atoms with E-state index < -0.39 is 0 Å². The minimum absolute atomic E-state index is 0.0543. The number of para-hydroxylation sites is 1. The number of carbonyl (C=O) groups is 2. The van der Waals surface area contributed by atoms with Crippen molar-refractivity contribution < 1.29 is 14.0 Å². The highest BCUT2D eigenvalue weighted by Gasteiger charge is 2.17. The summed E-state index contributed by atoms with van der Waals surface area (Å²) in [4.78, 5) is 32.7. The fourth-order valence-corrected chi connectivity index (χ4v) is 5.25. The number of carbonyl (C=O) groups excluding carboxylic acids is 2. The molecule has 0 spiro atoms.